The predicted octanol–water partition coefficient (Wildman–Crippen LogP) is 2.45. The van der Waals surface area contributed by atoms with Crippen LogP contribution in [0.1, 0.15) is 44.7 Å². The number of aryl methyl sites for hydroxylation is 1. The summed E-state index contributed by atoms with van der Waals surface area (Å²) in [5.74, 6) is 2.87. The maximum atomic E-state index is 12.6. The first kappa shape index (κ1) is 17.0. The zero-order chi connectivity index (χ0) is 17.0. The summed E-state index contributed by atoms with van der Waals surface area (Å²) in [6.07, 6.45) is 4.95. The standard InChI is InChI=1S/C16H23N5O2S/c1-3-4-5-8-21-15(17-18-19-21)16(2)12-24-11-14(22)20(16)10-13-7-6-9-23-13/h6-7,9H,3-5,8,10-12H2,1-2H3. The Morgan fingerprint density at radius 2 is 2.29 bits per heavy atom. The van der Waals surface area contributed by atoms with Gasteiger partial charge in [0.25, 0.3) is 0 Å². The number of unbranched alkanes of at least 4 members (excludes halogenated alkanes) is 2. The number of tetrazole rings is 1. The van der Waals surface area contributed by atoms with Gasteiger partial charge in [-0.05, 0) is 35.9 Å². The van der Waals surface area contributed by atoms with Crippen LogP contribution in [-0.4, -0.2) is 42.5 Å². The van der Waals surface area contributed by atoms with E-state index in [9.17, 15) is 4.79 Å². The highest BCUT2D eigenvalue weighted by Gasteiger charge is 2.44. The topological polar surface area (TPSA) is 77.1 Å². The Kier molecular flexibility index (Phi) is 5.23. The molecule has 1 atom stereocenters. The maximum Gasteiger partial charge on any atom is 0.233 e. The molecule has 0 bridgehead atoms. The highest BCUT2D eigenvalue weighted by atomic mass is 32.2. The van der Waals surface area contributed by atoms with Crippen LogP contribution >= 0.6 is 11.8 Å². The molecule has 0 saturated carbocycles. The van der Waals surface area contributed by atoms with E-state index in [1.54, 1.807) is 18.0 Å². The Bertz CT molecular complexity index is 672. The second kappa shape index (κ2) is 7.38. The first-order valence-electron chi connectivity index (χ1n) is 8.32. The summed E-state index contributed by atoms with van der Waals surface area (Å²) in [5.41, 5.74) is -0.539. The number of aromatic nitrogens is 4. The third-order valence-electron chi connectivity index (χ3n) is 4.39. The summed E-state index contributed by atoms with van der Waals surface area (Å²) in [6, 6.07) is 3.73. The van der Waals surface area contributed by atoms with Crippen molar-refractivity contribution >= 4 is 17.7 Å². The van der Waals surface area contributed by atoms with Crippen LogP contribution < -0.4 is 0 Å². The molecule has 0 radical (unpaired) electrons. The molecule has 3 rings (SSSR count). The molecule has 2 aromatic rings. The van der Waals surface area contributed by atoms with Gasteiger partial charge in [-0.2, -0.15) is 0 Å². The van der Waals surface area contributed by atoms with E-state index < -0.39 is 5.54 Å². The molecule has 1 fully saturated rings. The third kappa shape index (κ3) is 3.33. The summed E-state index contributed by atoms with van der Waals surface area (Å²) in [5, 5.41) is 12.3. The lowest BCUT2D eigenvalue weighted by Crippen LogP contribution is -2.54. The van der Waals surface area contributed by atoms with Gasteiger partial charge in [-0.25, -0.2) is 4.68 Å². The van der Waals surface area contributed by atoms with Crippen LogP contribution in [0.15, 0.2) is 22.8 Å². The van der Waals surface area contributed by atoms with E-state index >= 15 is 0 Å². The van der Waals surface area contributed by atoms with Crippen molar-refractivity contribution in [3.8, 4) is 0 Å². The maximum absolute atomic E-state index is 12.6. The SMILES string of the molecule is CCCCCn1nnnc1C1(C)CSCC(=O)N1Cc1ccco1. The summed E-state index contributed by atoms with van der Waals surface area (Å²) in [7, 11) is 0. The van der Waals surface area contributed by atoms with Gasteiger partial charge in [0.05, 0.1) is 18.6 Å². The van der Waals surface area contributed by atoms with Crippen LogP contribution in [0.25, 0.3) is 0 Å². The largest absolute Gasteiger partial charge is 0.467 e. The molecule has 130 valence electrons. The quantitative estimate of drug-likeness (QED) is 0.715. The predicted molar refractivity (Wildman–Crippen MR) is 91.3 cm³/mol. The Morgan fingerprint density at radius 3 is 3.04 bits per heavy atom. The van der Waals surface area contributed by atoms with Gasteiger partial charge in [-0.3, -0.25) is 4.79 Å². The highest BCUT2D eigenvalue weighted by molar-refractivity contribution is 8.00. The summed E-state index contributed by atoms with van der Waals surface area (Å²) in [6.45, 7) is 5.43. The molecule has 1 aliphatic heterocycles. The first-order chi connectivity index (χ1) is 11.6. The summed E-state index contributed by atoms with van der Waals surface area (Å²) < 4.78 is 7.30. The van der Waals surface area contributed by atoms with E-state index in [1.165, 1.54) is 0 Å². The molecule has 0 N–H and O–H groups in total. The molecule has 24 heavy (non-hydrogen) atoms. The van der Waals surface area contributed by atoms with Gasteiger partial charge in [0.15, 0.2) is 5.82 Å². The fraction of sp³-hybridized carbons (Fsp3) is 0.625. The highest BCUT2D eigenvalue weighted by Crippen LogP contribution is 2.36. The molecular formula is C16H23N5O2S. The van der Waals surface area contributed by atoms with Gasteiger partial charge in [0.2, 0.25) is 5.91 Å². The van der Waals surface area contributed by atoms with E-state index in [2.05, 4.69) is 22.4 Å². The molecule has 3 heterocycles. The summed E-state index contributed by atoms with van der Waals surface area (Å²) in [4.78, 5) is 14.4. The van der Waals surface area contributed by atoms with Gasteiger partial charge in [-0.1, -0.05) is 19.8 Å². The lowest BCUT2D eigenvalue weighted by atomic mass is 10.00. The molecule has 0 spiro atoms. The molecule has 2 aromatic heterocycles. The van der Waals surface area contributed by atoms with Crippen LogP contribution in [0.3, 0.4) is 0 Å². The molecule has 7 nitrogen and oxygen atoms in total. The van der Waals surface area contributed by atoms with Crippen molar-refractivity contribution in [2.45, 2.75) is 51.7 Å². The number of carbonyl (C=O) groups excluding carboxylic acids is 1. The van der Waals surface area contributed by atoms with Crippen molar-refractivity contribution in [1.82, 2.24) is 25.1 Å². The van der Waals surface area contributed by atoms with E-state index in [1.807, 2.05) is 28.6 Å². The number of hydrogen-bond acceptors (Lipinski definition) is 6. The average molecular weight is 349 g/mol. The van der Waals surface area contributed by atoms with Crippen molar-refractivity contribution in [3.05, 3.63) is 30.0 Å². The minimum absolute atomic E-state index is 0.0910. The monoisotopic (exact) mass is 349 g/mol. The molecule has 1 aliphatic rings. The van der Waals surface area contributed by atoms with E-state index in [4.69, 9.17) is 4.42 Å². The third-order valence-corrected chi connectivity index (χ3v) is 5.60. The van der Waals surface area contributed by atoms with Crippen molar-refractivity contribution in [3.63, 3.8) is 0 Å². The minimum atomic E-state index is -0.539. The molecular weight excluding hydrogens is 326 g/mol. The Labute approximate surface area is 145 Å². The van der Waals surface area contributed by atoms with Gasteiger partial charge in [0.1, 0.15) is 11.3 Å². The second-order valence-corrected chi connectivity index (χ2v) is 7.24. The number of hydrogen-bond donors (Lipinski definition) is 0. The number of amides is 1. The van der Waals surface area contributed by atoms with Gasteiger partial charge in [-0.15, -0.1) is 16.9 Å². The van der Waals surface area contributed by atoms with Crippen molar-refractivity contribution < 1.29 is 9.21 Å². The molecule has 1 saturated heterocycles. The lowest BCUT2D eigenvalue weighted by Gasteiger charge is -2.42. The number of carbonyl (C=O) groups is 1. The van der Waals surface area contributed by atoms with Gasteiger partial charge in [0, 0.05) is 12.3 Å². The number of furan rings is 1. The average Bonchev–Trinajstić information content (AvgIpc) is 3.23. The smallest absolute Gasteiger partial charge is 0.233 e. The fourth-order valence-corrected chi connectivity index (χ4v) is 4.14. The van der Waals surface area contributed by atoms with Gasteiger partial charge >= 0.3 is 0 Å². The zero-order valence-electron chi connectivity index (χ0n) is 14.1. The van der Waals surface area contributed by atoms with Crippen molar-refractivity contribution in [2.75, 3.05) is 11.5 Å². The Morgan fingerprint density at radius 1 is 1.42 bits per heavy atom. The van der Waals surface area contributed by atoms with Crippen LogP contribution in [0.4, 0.5) is 0 Å². The van der Waals surface area contributed by atoms with Gasteiger partial charge < -0.3 is 9.32 Å². The molecule has 0 aliphatic carbocycles. The molecule has 1 amide bonds. The van der Waals surface area contributed by atoms with Crippen LogP contribution in [0.2, 0.25) is 0 Å². The normalized spacial score (nSPS) is 21.4. The first-order valence-corrected chi connectivity index (χ1v) is 9.48. The molecule has 8 heteroatoms. The summed E-state index contributed by atoms with van der Waals surface area (Å²) >= 11 is 1.63. The van der Waals surface area contributed by atoms with E-state index in [0.717, 1.165) is 43.1 Å². The Balaban J connectivity index is 1.87. The van der Waals surface area contributed by atoms with Crippen molar-refractivity contribution in [1.29, 1.82) is 0 Å². The fourth-order valence-electron chi connectivity index (χ4n) is 3.03. The number of rotatable bonds is 7. The van der Waals surface area contributed by atoms with E-state index in [0.29, 0.717) is 12.3 Å². The Hall–Kier alpha value is -1.83. The molecule has 1 unspecified atom stereocenters. The second-order valence-electron chi connectivity index (χ2n) is 6.26. The van der Waals surface area contributed by atoms with E-state index in [-0.39, 0.29) is 5.91 Å². The van der Waals surface area contributed by atoms with Crippen LogP contribution in [0, 0.1) is 0 Å². The van der Waals surface area contributed by atoms with Crippen LogP contribution in [-0.2, 0) is 23.4 Å². The lowest BCUT2D eigenvalue weighted by molar-refractivity contribution is -0.136. The zero-order valence-corrected chi connectivity index (χ0v) is 15.0. The number of nitrogens with zero attached hydrogens (tertiary/aromatic N) is 5. The van der Waals surface area contributed by atoms with Crippen LogP contribution in [0.5, 0.6) is 0 Å². The minimum Gasteiger partial charge on any atom is -0.467 e. The van der Waals surface area contributed by atoms with Crippen molar-refractivity contribution in [2.24, 2.45) is 0 Å². The molecule has 0 aromatic carbocycles. The number of thioether (sulfide) groups is 1.